The van der Waals surface area contributed by atoms with Gasteiger partial charge in [0.2, 0.25) is 0 Å². The van der Waals surface area contributed by atoms with E-state index in [2.05, 4.69) is 76.8 Å². The van der Waals surface area contributed by atoms with Crippen molar-refractivity contribution in [1.82, 2.24) is 8.80 Å². The lowest BCUT2D eigenvalue weighted by Crippen LogP contribution is -1.90. The quantitative estimate of drug-likeness (QED) is 0.476. The van der Waals surface area contributed by atoms with Crippen LogP contribution in [0.2, 0.25) is 0 Å². The van der Waals surface area contributed by atoms with Crippen molar-refractivity contribution in [3.63, 3.8) is 0 Å². The second kappa shape index (κ2) is 3.75. The molecule has 0 radical (unpaired) electrons. The Morgan fingerprint density at radius 2 is 1.63 bits per heavy atom. The van der Waals surface area contributed by atoms with Crippen molar-refractivity contribution in [3.8, 4) is 11.1 Å². The zero-order valence-corrected chi connectivity index (χ0v) is 10.7. The molecule has 0 saturated carbocycles. The van der Waals surface area contributed by atoms with Crippen LogP contribution in [0.1, 0.15) is 5.69 Å². The summed E-state index contributed by atoms with van der Waals surface area (Å²) in [6, 6.07) is 17.1. The first-order valence-corrected chi connectivity index (χ1v) is 6.47. The number of hydrogen-bond donors (Lipinski definition) is 0. The van der Waals surface area contributed by atoms with Gasteiger partial charge in [-0.15, -0.1) is 0 Å². The minimum atomic E-state index is 1.24. The van der Waals surface area contributed by atoms with Gasteiger partial charge in [-0.25, -0.2) is 0 Å². The van der Waals surface area contributed by atoms with E-state index in [9.17, 15) is 0 Å². The molecule has 0 saturated heterocycles. The predicted molar refractivity (Wildman–Crippen MR) is 78.5 cm³/mol. The summed E-state index contributed by atoms with van der Waals surface area (Å²) >= 11 is 0. The van der Waals surface area contributed by atoms with Crippen LogP contribution in [0, 0.1) is 6.92 Å². The Morgan fingerprint density at radius 3 is 2.47 bits per heavy atom. The standard InChI is InChI=1S/C17H14N2/c1-13-7-8-16-17-11-15(14-5-3-2-4-6-14)12-18(17)9-10-19(13)16/h2-12H,1H3. The lowest BCUT2D eigenvalue weighted by molar-refractivity contribution is 1.06. The Labute approximate surface area is 111 Å². The third-order valence-corrected chi connectivity index (χ3v) is 3.72. The van der Waals surface area contributed by atoms with E-state index in [1.54, 1.807) is 0 Å². The predicted octanol–water partition coefficient (Wildman–Crippen LogP) is 4.17. The Kier molecular flexibility index (Phi) is 2.06. The molecule has 0 aliphatic heterocycles. The van der Waals surface area contributed by atoms with Gasteiger partial charge in [-0.05, 0) is 30.7 Å². The monoisotopic (exact) mass is 246 g/mol. The van der Waals surface area contributed by atoms with Gasteiger partial charge in [0.1, 0.15) is 0 Å². The number of rotatable bonds is 1. The number of nitrogens with zero attached hydrogens (tertiary/aromatic N) is 2. The van der Waals surface area contributed by atoms with Crippen molar-refractivity contribution in [2.24, 2.45) is 0 Å². The van der Waals surface area contributed by atoms with Crippen LogP contribution >= 0.6 is 0 Å². The highest BCUT2D eigenvalue weighted by Gasteiger charge is 2.06. The Hall–Kier alpha value is -2.48. The van der Waals surface area contributed by atoms with E-state index >= 15 is 0 Å². The van der Waals surface area contributed by atoms with Gasteiger partial charge in [0, 0.05) is 29.8 Å². The SMILES string of the molecule is Cc1ccc2c3cc(-c4ccccc4)cn3ccn12. The van der Waals surface area contributed by atoms with Gasteiger partial charge >= 0.3 is 0 Å². The highest BCUT2D eigenvalue weighted by Crippen LogP contribution is 2.25. The Balaban J connectivity index is 2.04. The maximum Gasteiger partial charge on any atom is 0.0699 e. The average molecular weight is 246 g/mol. The Morgan fingerprint density at radius 1 is 0.789 bits per heavy atom. The second-order valence-corrected chi connectivity index (χ2v) is 4.92. The molecule has 0 fully saturated rings. The molecule has 0 bridgehead atoms. The van der Waals surface area contributed by atoms with Gasteiger partial charge < -0.3 is 8.80 Å². The summed E-state index contributed by atoms with van der Waals surface area (Å²) in [7, 11) is 0. The van der Waals surface area contributed by atoms with E-state index in [1.165, 1.54) is 27.9 Å². The fraction of sp³-hybridized carbons (Fsp3) is 0.0588. The molecule has 0 spiro atoms. The van der Waals surface area contributed by atoms with Crippen LogP contribution < -0.4 is 0 Å². The molecule has 92 valence electrons. The van der Waals surface area contributed by atoms with Gasteiger partial charge in [0.05, 0.1) is 11.0 Å². The zero-order chi connectivity index (χ0) is 12.8. The van der Waals surface area contributed by atoms with Gasteiger partial charge in [0.25, 0.3) is 0 Å². The molecule has 4 rings (SSSR count). The van der Waals surface area contributed by atoms with Crippen molar-refractivity contribution in [3.05, 3.63) is 72.8 Å². The normalized spacial score (nSPS) is 11.4. The molecule has 3 aromatic heterocycles. The van der Waals surface area contributed by atoms with E-state index in [4.69, 9.17) is 0 Å². The summed E-state index contributed by atoms with van der Waals surface area (Å²) in [6.45, 7) is 2.13. The zero-order valence-electron chi connectivity index (χ0n) is 10.7. The maximum absolute atomic E-state index is 2.25. The molecule has 0 aliphatic rings. The van der Waals surface area contributed by atoms with Crippen molar-refractivity contribution in [2.45, 2.75) is 6.92 Å². The molecular weight excluding hydrogens is 232 g/mol. The average Bonchev–Trinajstić information content (AvgIpc) is 3.03. The van der Waals surface area contributed by atoms with E-state index in [0.29, 0.717) is 0 Å². The molecule has 2 heteroatoms. The van der Waals surface area contributed by atoms with Crippen LogP contribution in [0.3, 0.4) is 0 Å². The maximum atomic E-state index is 2.25. The van der Waals surface area contributed by atoms with Crippen LogP contribution in [0.5, 0.6) is 0 Å². The van der Waals surface area contributed by atoms with Crippen LogP contribution in [0.4, 0.5) is 0 Å². The highest BCUT2D eigenvalue weighted by molar-refractivity contribution is 5.82. The van der Waals surface area contributed by atoms with E-state index < -0.39 is 0 Å². The lowest BCUT2D eigenvalue weighted by Gasteiger charge is -2.00. The minimum absolute atomic E-state index is 1.24. The summed E-state index contributed by atoms with van der Waals surface area (Å²) in [5, 5.41) is 0. The summed E-state index contributed by atoms with van der Waals surface area (Å²) in [5.74, 6) is 0. The van der Waals surface area contributed by atoms with Crippen molar-refractivity contribution < 1.29 is 0 Å². The van der Waals surface area contributed by atoms with Crippen molar-refractivity contribution in [2.75, 3.05) is 0 Å². The number of benzene rings is 1. The van der Waals surface area contributed by atoms with Crippen LogP contribution in [-0.2, 0) is 0 Å². The summed E-state index contributed by atoms with van der Waals surface area (Å²) in [5.41, 5.74) is 6.27. The molecule has 19 heavy (non-hydrogen) atoms. The van der Waals surface area contributed by atoms with Crippen LogP contribution in [-0.4, -0.2) is 8.80 Å². The molecule has 0 unspecified atom stereocenters. The molecule has 1 aromatic carbocycles. The number of aromatic nitrogens is 2. The molecule has 4 aromatic rings. The second-order valence-electron chi connectivity index (χ2n) is 4.92. The number of aryl methyl sites for hydroxylation is 1. The number of hydrogen-bond acceptors (Lipinski definition) is 0. The van der Waals surface area contributed by atoms with Gasteiger partial charge in [0.15, 0.2) is 0 Å². The van der Waals surface area contributed by atoms with Crippen LogP contribution in [0.25, 0.3) is 22.2 Å². The third kappa shape index (κ3) is 1.50. The van der Waals surface area contributed by atoms with E-state index in [-0.39, 0.29) is 0 Å². The molecule has 2 nitrogen and oxygen atoms in total. The molecular formula is C17H14N2. The lowest BCUT2D eigenvalue weighted by atomic mass is 10.1. The Bertz CT molecular complexity index is 866. The molecule has 0 atom stereocenters. The van der Waals surface area contributed by atoms with Gasteiger partial charge in [-0.2, -0.15) is 0 Å². The first kappa shape index (κ1) is 10.4. The highest BCUT2D eigenvalue weighted by atomic mass is 15.0. The first-order chi connectivity index (χ1) is 9.33. The van der Waals surface area contributed by atoms with Crippen molar-refractivity contribution >= 4 is 11.0 Å². The minimum Gasteiger partial charge on any atom is -0.320 e. The smallest absolute Gasteiger partial charge is 0.0699 e. The molecule has 0 N–H and O–H groups in total. The fourth-order valence-electron chi connectivity index (χ4n) is 2.69. The summed E-state index contributed by atoms with van der Waals surface area (Å²) in [4.78, 5) is 0. The third-order valence-electron chi connectivity index (χ3n) is 3.72. The van der Waals surface area contributed by atoms with E-state index in [0.717, 1.165) is 0 Å². The molecule has 0 aliphatic carbocycles. The van der Waals surface area contributed by atoms with Crippen molar-refractivity contribution in [1.29, 1.82) is 0 Å². The van der Waals surface area contributed by atoms with Crippen LogP contribution in [0.15, 0.2) is 67.1 Å². The van der Waals surface area contributed by atoms with Gasteiger partial charge in [-0.1, -0.05) is 30.3 Å². The molecule has 3 heterocycles. The summed E-state index contributed by atoms with van der Waals surface area (Å²) < 4.78 is 4.42. The van der Waals surface area contributed by atoms with Gasteiger partial charge in [-0.3, -0.25) is 0 Å². The fourth-order valence-corrected chi connectivity index (χ4v) is 2.69. The topological polar surface area (TPSA) is 8.82 Å². The first-order valence-electron chi connectivity index (χ1n) is 6.47. The summed E-state index contributed by atoms with van der Waals surface area (Å²) in [6.07, 6.45) is 6.42. The largest absolute Gasteiger partial charge is 0.320 e. The number of fused-ring (bicyclic) bond motifs is 3. The van der Waals surface area contributed by atoms with E-state index in [1.807, 2.05) is 6.07 Å². The molecule has 0 amide bonds.